The van der Waals surface area contributed by atoms with Gasteiger partial charge in [-0.25, -0.2) is 0 Å². The fourth-order valence-corrected chi connectivity index (χ4v) is 3.29. The zero-order valence-corrected chi connectivity index (χ0v) is 15.5. The number of para-hydroxylation sites is 1. The molecule has 1 aliphatic rings. The molecule has 1 aliphatic heterocycles. The first kappa shape index (κ1) is 16.2. The lowest BCUT2D eigenvalue weighted by Gasteiger charge is -2.20. The Balaban J connectivity index is 1.89. The van der Waals surface area contributed by atoms with E-state index in [1.807, 2.05) is 36.6 Å². The normalized spacial score (nSPS) is 15.4. The molecule has 0 unspecified atom stereocenters. The van der Waals surface area contributed by atoms with Gasteiger partial charge in [-0.15, -0.1) is 10.2 Å². The second-order valence-corrected chi connectivity index (χ2v) is 7.03. The maximum Gasteiger partial charge on any atom is 0.247 e. The van der Waals surface area contributed by atoms with Crippen molar-refractivity contribution in [2.45, 2.75) is 11.4 Å². The minimum Gasteiger partial charge on any atom is -0.507 e. The van der Waals surface area contributed by atoms with Crippen molar-refractivity contribution >= 4 is 33.4 Å². The number of anilines is 1. The Kier molecular flexibility index (Phi) is 4.22. The maximum absolute atomic E-state index is 10.3. The summed E-state index contributed by atoms with van der Waals surface area (Å²) in [7, 11) is 0. The molecule has 2 aromatic carbocycles. The van der Waals surface area contributed by atoms with Crippen LogP contribution in [0, 0.1) is 0 Å². The molecule has 0 amide bonds. The Hall–Kier alpha value is -2.32. The molecule has 1 atom stereocenters. The van der Waals surface area contributed by atoms with Crippen LogP contribution in [-0.2, 0) is 0 Å². The average molecular weight is 417 g/mol. The summed E-state index contributed by atoms with van der Waals surface area (Å²) in [5, 5.41) is 22.5. The molecule has 0 saturated carbocycles. The molecular formula is C17H13BrN4O2S. The molecule has 1 aromatic heterocycles. The number of halogens is 1. The molecule has 0 spiro atoms. The van der Waals surface area contributed by atoms with Crippen LogP contribution in [0.4, 0.5) is 5.69 Å². The van der Waals surface area contributed by atoms with E-state index >= 15 is 0 Å². The van der Waals surface area contributed by atoms with Crippen molar-refractivity contribution in [3.05, 3.63) is 52.5 Å². The fraction of sp³-hybridized carbons (Fsp3) is 0.118. The van der Waals surface area contributed by atoms with Crippen molar-refractivity contribution in [1.82, 2.24) is 15.2 Å². The number of thioether (sulfide) groups is 1. The van der Waals surface area contributed by atoms with E-state index in [0.29, 0.717) is 22.3 Å². The largest absolute Gasteiger partial charge is 0.507 e. The number of phenolic OH excluding ortho intramolecular Hbond substituents is 1. The summed E-state index contributed by atoms with van der Waals surface area (Å²) in [5.41, 5.74) is 2.85. The summed E-state index contributed by atoms with van der Waals surface area (Å²) in [6.07, 6.45) is 1.26. The number of nitrogens with zero attached hydrogens (tertiary/aromatic N) is 3. The lowest BCUT2D eigenvalue weighted by molar-refractivity contribution is 0.220. The molecule has 0 fully saturated rings. The third-order valence-electron chi connectivity index (χ3n) is 3.79. The Morgan fingerprint density at radius 1 is 1.20 bits per heavy atom. The number of rotatable bonds is 2. The second-order valence-electron chi connectivity index (χ2n) is 5.34. The molecule has 6 nitrogen and oxygen atoms in total. The highest BCUT2D eigenvalue weighted by molar-refractivity contribution is 9.10. The molecule has 0 saturated heterocycles. The number of benzene rings is 2. The zero-order valence-electron chi connectivity index (χ0n) is 13.1. The molecule has 0 bridgehead atoms. The lowest BCUT2D eigenvalue weighted by Crippen LogP contribution is -2.17. The predicted molar refractivity (Wildman–Crippen MR) is 99.8 cm³/mol. The van der Waals surface area contributed by atoms with Crippen LogP contribution in [0.5, 0.6) is 11.6 Å². The molecule has 2 heterocycles. The van der Waals surface area contributed by atoms with E-state index in [0.717, 1.165) is 15.7 Å². The summed E-state index contributed by atoms with van der Waals surface area (Å²) in [4.78, 5) is 4.45. The van der Waals surface area contributed by atoms with Crippen LogP contribution >= 0.6 is 27.7 Å². The van der Waals surface area contributed by atoms with Gasteiger partial charge in [0, 0.05) is 15.7 Å². The molecular weight excluding hydrogens is 404 g/mol. The quantitative estimate of drug-likeness (QED) is 0.604. The zero-order chi connectivity index (χ0) is 17.4. The number of phenols is 1. The summed E-state index contributed by atoms with van der Waals surface area (Å²) >= 11 is 4.82. The summed E-state index contributed by atoms with van der Waals surface area (Å²) in [6.45, 7) is 0. The van der Waals surface area contributed by atoms with Gasteiger partial charge in [0.05, 0.1) is 5.56 Å². The number of aromatic hydroxyl groups is 1. The number of fused-ring (bicyclic) bond motifs is 3. The van der Waals surface area contributed by atoms with E-state index < -0.39 is 6.23 Å². The van der Waals surface area contributed by atoms with Gasteiger partial charge in [0.1, 0.15) is 5.75 Å². The van der Waals surface area contributed by atoms with Crippen molar-refractivity contribution in [3.63, 3.8) is 0 Å². The SMILES string of the molecule is CSc1nnc2c(n1)O[C@@H](c1cc(Br)ccc1O)Nc1ccccc1-2. The Labute approximate surface area is 156 Å². The van der Waals surface area contributed by atoms with Gasteiger partial charge in [-0.3, -0.25) is 0 Å². The van der Waals surface area contributed by atoms with Gasteiger partial charge in [0.15, 0.2) is 5.69 Å². The van der Waals surface area contributed by atoms with Gasteiger partial charge < -0.3 is 15.2 Å². The average Bonchev–Trinajstić information content (AvgIpc) is 2.79. The first-order valence-corrected chi connectivity index (χ1v) is 9.47. The second kappa shape index (κ2) is 6.53. The Bertz CT molecular complexity index is 954. The first-order valence-electron chi connectivity index (χ1n) is 7.45. The van der Waals surface area contributed by atoms with E-state index in [1.54, 1.807) is 12.1 Å². The molecule has 0 radical (unpaired) electrons. The number of ether oxygens (including phenoxy) is 1. The van der Waals surface area contributed by atoms with Gasteiger partial charge >= 0.3 is 0 Å². The van der Waals surface area contributed by atoms with Crippen LogP contribution in [-0.4, -0.2) is 26.5 Å². The van der Waals surface area contributed by atoms with Crippen molar-refractivity contribution in [1.29, 1.82) is 0 Å². The highest BCUT2D eigenvalue weighted by Crippen LogP contribution is 2.41. The van der Waals surface area contributed by atoms with Crippen LogP contribution in [0.1, 0.15) is 11.8 Å². The first-order chi connectivity index (χ1) is 12.2. The van der Waals surface area contributed by atoms with Crippen LogP contribution in [0.25, 0.3) is 11.3 Å². The minimum atomic E-state index is -0.619. The van der Waals surface area contributed by atoms with E-state index in [-0.39, 0.29) is 5.75 Å². The molecule has 25 heavy (non-hydrogen) atoms. The number of hydrogen-bond donors (Lipinski definition) is 2. The third-order valence-corrected chi connectivity index (χ3v) is 4.82. The lowest BCUT2D eigenvalue weighted by atomic mass is 10.1. The Morgan fingerprint density at radius 3 is 2.88 bits per heavy atom. The summed E-state index contributed by atoms with van der Waals surface area (Å²) < 4.78 is 6.93. The topological polar surface area (TPSA) is 80.2 Å². The number of hydrogen-bond acceptors (Lipinski definition) is 7. The van der Waals surface area contributed by atoms with E-state index in [9.17, 15) is 5.11 Å². The highest BCUT2D eigenvalue weighted by atomic mass is 79.9. The van der Waals surface area contributed by atoms with Crippen LogP contribution < -0.4 is 10.1 Å². The summed E-state index contributed by atoms with van der Waals surface area (Å²) in [6, 6.07) is 12.9. The monoisotopic (exact) mass is 416 g/mol. The van der Waals surface area contributed by atoms with Crippen LogP contribution in [0.15, 0.2) is 52.1 Å². The number of nitrogens with one attached hydrogen (secondary N) is 1. The molecule has 126 valence electrons. The van der Waals surface area contributed by atoms with Gasteiger partial charge in [-0.05, 0) is 30.5 Å². The molecule has 8 heteroatoms. The van der Waals surface area contributed by atoms with E-state index in [1.165, 1.54) is 11.8 Å². The molecule has 4 rings (SSSR count). The minimum absolute atomic E-state index is 0.133. The van der Waals surface area contributed by atoms with Gasteiger partial charge in [-0.2, -0.15) is 4.98 Å². The fourth-order valence-electron chi connectivity index (χ4n) is 2.61. The molecule has 2 N–H and O–H groups in total. The number of aromatic nitrogens is 3. The highest BCUT2D eigenvalue weighted by Gasteiger charge is 2.27. The van der Waals surface area contributed by atoms with E-state index in [4.69, 9.17) is 4.74 Å². The molecule has 3 aromatic rings. The van der Waals surface area contributed by atoms with Crippen LogP contribution in [0.2, 0.25) is 0 Å². The van der Waals surface area contributed by atoms with Crippen molar-refractivity contribution < 1.29 is 9.84 Å². The maximum atomic E-state index is 10.3. The third kappa shape index (κ3) is 3.03. The van der Waals surface area contributed by atoms with Gasteiger partial charge in [-0.1, -0.05) is 45.9 Å². The van der Waals surface area contributed by atoms with Crippen molar-refractivity contribution in [2.75, 3.05) is 11.6 Å². The summed E-state index contributed by atoms with van der Waals surface area (Å²) in [5.74, 6) is 0.509. The van der Waals surface area contributed by atoms with Gasteiger partial charge in [0.2, 0.25) is 17.3 Å². The van der Waals surface area contributed by atoms with Crippen molar-refractivity contribution in [3.8, 4) is 22.9 Å². The smallest absolute Gasteiger partial charge is 0.247 e. The predicted octanol–water partition coefficient (Wildman–Crippen LogP) is 4.23. The standard InChI is InChI=1S/C17H13BrN4O2S/c1-25-17-20-16-14(21-22-17)10-4-2-3-5-12(10)19-15(24-16)11-8-9(18)6-7-13(11)23/h2-8,15,19,23H,1H3/t15-/m0/s1. The molecule has 0 aliphatic carbocycles. The van der Waals surface area contributed by atoms with Crippen molar-refractivity contribution in [2.24, 2.45) is 0 Å². The van der Waals surface area contributed by atoms with E-state index in [2.05, 4.69) is 36.4 Å². The van der Waals surface area contributed by atoms with Crippen LogP contribution in [0.3, 0.4) is 0 Å². The Morgan fingerprint density at radius 2 is 2.04 bits per heavy atom. The van der Waals surface area contributed by atoms with Gasteiger partial charge in [0.25, 0.3) is 0 Å².